The molecule has 0 aliphatic heterocycles. The van der Waals surface area contributed by atoms with Gasteiger partial charge in [0, 0.05) is 17.7 Å². The lowest BCUT2D eigenvalue weighted by Crippen LogP contribution is -2.04. The van der Waals surface area contributed by atoms with Crippen molar-refractivity contribution in [1.82, 2.24) is 10.1 Å². The molecule has 0 atom stereocenters. The topological polar surface area (TPSA) is 91.5 Å². The molecule has 0 unspecified atom stereocenters. The highest BCUT2D eigenvalue weighted by Crippen LogP contribution is 2.17. The Bertz CT molecular complexity index is 719. The summed E-state index contributed by atoms with van der Waals surface area (Å²) in [6.45, 7) is 3.81. The molecule has 24 heavy (non-hydrogen) atoms. The normalized spacial score (nSPS) is 10.8. The van der Waals surface area contributed by atoms with E-state index in [1.165, 1.54) is 5.56 Å². The summed E-state index contributed by atoms with van der Waals surface area (Å²) >= 11 is 0. The first-order valence-electron chi connectivity index (χ1n) is 7.55. The Labute approximate surface area is 139 Å². The van der Waals surface area contributed by atoms with Gasteiger partial charge in [0.05, 0.1) is 6.61 Å². The second-order valence-electron chi connectivity index (χ2n) is 4.76. The quantitative estimate of drug-likeness (QED) is 0.569. The van der Waals surface area contributed by atoms with Crippen LogP contribution in [0.15, 0.2) is 40.9 Å². The van der Waals surface area contributed by atoms with Gasteiger partial charge in [-0.05, 0) is 18.9 Å². The molecular weight excluding hydrogens is 312 g/mol. The fourth-order valence-electron chi connectivity index (χ4n) is 1.83. The zero-order chi connectivity index (χ0) is 17.4. The molecule has 0 N–H and O–H groups in total. The SMILES string of the molecule is CCOC(=O)/C=C/C(=O)OCc1nc(-c2ccc(CC)cc2)no1. The molecule has 0 amide bonds. The molecule has 0 aliphatic carbocycles. The Morgan fingerprint density at radius 2 is 1.75 bits per heavy atom. The van der Waals surface area contributed by atoms with E-state index in [-0.39, 0.29) is 19.1 Å². The lowest BCUT2D eigenvalue weighted by Gasteiger charge is -1.98. The largest absolute Gasteiger partial charge is 0.463 e. The van der Waals surface area contributed by atoms with Crippen molar-refractivity contribution in [1.29, 1.82) is 0 Å². The van der Waals surface area contributed by atoms with Gasteiger partial charge in [0.25, 0.3) is 5.89 Å². The van der Waals surface area contributed by atoms with Crippen LogP contribution in [-0.2, 0) is 32.1 Å². The smallest absolute Gasteiger partial charge is 0.331 e. The van der Waals surface area contributed by atoms with E-state index in [0.29, 0.717) is 5.82 Å². The lowest BCUT2D eigenvalue weighted by atomic mass is 10.1. The number of aryl methyl sites for hydroxylation is 1. The fourth-order valence-corrected chi connectivity index (χ4v) is 1.83. The van der Waals surface area contributed by atoms with Crippen molar-refractivity contribution in [2.45, 2.75) is 26.9 Å². The van der Waals surface area contributed by atoms with E-state index in [1.807, 2.05) is 24.3 Å². The third kappa shape index (κ3) is 5.05. The van der Waals surface area contributed by atoms with E-state index < -0.39 is 11.9 Å². The maximum atomic E-state index is 11.5. The first-order valence-corrected chi connectivity index (χ1v) is 7.55. The van der Waals surface area contributed by atoms with Crippen molar-refractivity contribution in [2.24, 2.45) is 0 Å². The molecule has 0 bridgehead atoms. The molecule has 0 radical (unpaired) electrons. The molecule has 7 heteroatoms. The van der Waals surface area contributed by atoms with Crippen LogP contribution >= 0.6 is 0 Å². The van der Waals surface area contributed by atoms with Gasteiger partial charge >= 0.3 is 11.9 Å². The van der Waals surface area contributed by atoms with Crippen molar-refractivity contribution in [3.8, 4) is 11.4 Å². The van der Waals surface area contributed by atoms with Crippen LogP contribution in [0, 0.1) is 0 Å². The molecule has 1 heterocycles. The average Bonchev–Trinajstić information content (AvgIpc) is 3.07. The number of carbonyl (C=O) groups is 2. The number of hydrogen-bond donors (Lipinski definition) is 0. The van der Waals surface area contributed by atoms with Gasteiger partial charge in [-0.25, -0.2) is 9.59 Å². The molecule has 0 saturated carbocycles. The second-order valence-corrected chi connectivity index (χ2v) is 4.76. The lowest BCUT2D eigenvalue weighted by molar-refractivity contribution is -0.141. The summed E-state index contributed by atoms with van der Waals surface area (Å²) in [5.74, 6) is -0.714. The standard InChI is InChI=1S/C17H18N2O5/c1-3-12-5-7-13(8-6-12)17-18-14(24-19-17)11-23-16(21)10-9-15(20)22-4-2/h5-10H,3-4,11H2,1-2H3/b10-9+. The summed E-state index contributed by atoms with van der Waals surface area (Å²) in [4.78, 5) is 26.7. The highest BCUT2D eigenvalue weighted by molar-refractivity contribution is 5.91. The third-order valence-corrected chi connectivity index (χ3v) is 3.07. The van der Waals surface area contributed by atoms with Gasteiger partial charge in [-0.1, -0.05) is 36.3 Å². The van der Waals surface area contributed by atoms with E-state index in [2.05, 4.69) is 21.8 Å². The molecule has 1 aromatic heterocycles. The highest BCUT2D eigenvalue weighted by atomic mass is 16.6. The molecule has 2 rings (SSSR count). The highest BCUT2D eigenvalue weighted by Gasteiger charge is 2.10. The third-order valence-electron chi connectivity index (χ3n) is 3.07. The summed E-state index contributed by atoms with van der Waals surface area (Å²) in [5.41, 5.74) is 2.03. The number of rotatable bonds is 7. The van der Waals surface area contributed by atoms with E-state index in [9.17, 15) is 9.59 Å². The molecule has 0 spiro atoms. The molecule has 126 valence electrons. The van der Waals surface area contributed by atoms with Crippen LogP contribution in [0.2, 0.25) is 0 Å². The van der Waals surface area contributed by atoms with Gasteiger partial charge in [0.15, 0.2) is 6.61 Å². The van der Waals surface area contributed by atoms with E-state index in [0.717, 1.165) is 24.1 Å². The Kier molecular flexibility index (Phi) is 6.24. The van der Waals surface area contributed by atoms with Crippen LogP contribution in [0.4, 0.5) is 0 Å². The van der Waals surface area contributed by atoms with Crippen molar-refractivity contribution in [2.75, 3.05) is 6.61 Å². The number of benzene rings is 1. The number of esters is 2. The van der Waals surface area contributed by atoms with Crippen LogP contribution in [-0.4, -0.2) is 28.7 Å². The van der Waals surface area contributed by atoms with E-state index >= 15 is 0 Å². The minimum Gasteiger partial charge on any atom is -0.463 e. The predicted molar refractivity (Wildman–Crippen MR) is 84.7 cm³/mol. The summed E-state index contributed by atoms with van der Waals surface area (Å²) in [6.07, 6.45) is 2.94. The van der Waals surface area contributed by atoms with Gasteiger partial charge < -0.3 is 14.0 Å². The van der Waals surface area contributed by atoms with Crippen LogP contribution in [0.25, 0.3) is 11.4 Å². The van der Waals surface area contributed by atoms with Crippen molar-refractivity contribution in [3.63, 3.8) is 0 Å². The molecule has 2 aromatic rings. The number of hydrogen-bond acceptors (Lipinski definition) is 7. The monoisotopic (exact) mass is 330 g/mol. The van der Waals surface area contributed by atoms with Crippen LogP contribution < -0.4 is 0 Å². The summed E-state index contributed by atoms with van der Waals surface area (Å²) < 4.78 is 14.6. The number of ether oxygens (including phenoxy) is 2. The molecular formula is C17H18N2O5. The summed E-state index contributed by atoms with van der Waals surface area (Å²) in [6, 6.07) is 7.79. The molecule has 0 aliphatic rings. The maximum Gasteiger partial charge on any atom is 0.331 e. The maximum absolute atomic E-state index is 11.5. The van der Waals surface area contributed by atoms with Gasteiger partial charge in [-0.2, -0.15) is 4.98 Å². The first-order chi connectivity index (χ1) is 11.6. The van der Waals surface area contributed by atoms with Crippen LogP contribution in [0.1, 0.15) is 25.3 Å². The zero-order valence-corrected chi connectivity index (χ0v) is 13.5. The summed E-state index contributed by atoms with van der Waals surface area (Å²) in [7, 11) is 0. The first kappa shape index (κ1) is 17.4. The fraction of sp³-hybridized carbons (Fsp3) is 0.294. The minimum atomic E-state index is -0.699. The predicted octanol–water partition coefficient (Wildman–Crippen LogP) is 2.46. The van der Waals surface area contributed by atoms with Crippen molar-refractivity contribution >= 4 is 11.9 Å². The van der Waals surface area contributed by atoms with Crippen LogP contribution in [0.5, 0.6) is 0 Å². The zero-order valence-electron chi connectivity index (χ0n) is 13.5. The molecule has 1 aromatic carbocycles. The number of aromatic nitrogens is 2. The Morgan fingerprint density at radius 3 is 2.38 bits per heavy atom. The van der Waals surface area contributed by atoms with E-state index in [1.54, 1.807) is 6.92 Å². The van der Waals surface area contributed by atoms with E-state index in [4.69, 9.17) is 9.26 Å². The number of carbonyl (C=O) groups excluding carboxylic acids is 2. The van der Waals surface area contributed by atoms with Gasteiger partial charge in [0.1, 0.15) is 0 Å². The van der Waals surface area contributed by atoms with Crippen molar-refractivity contribution < 1.29 is 23.6 Å². The molecule has 0 fully saturated rings. The number of nitrogens with zero attached hydrogens (tertiary/aromatic N) is 2. The molecule has 0 saturated heterocycles. The average molecular weight is 330 g/mol. The second kappa shape index (κ2) is 8.61. The minimum absolute atomic E-state index is 0.169. The Balaban J connectivity index is 1.89. The van der Waals surface area contributed by atoms with Gasteiger partial charge in [-0.15, -0.1) is 0 Å². The van der Waals surface area contributed by atoms with Crippen LogP contribution in [0.3, 0.4) is 0 Å². The summed E-state index contributed by atoms with van der Waals surface area (Å²) in [5, 5.41) is 3.85. The Morgan fingerprint density at radius 1 is 1.08 bits per heavy atom. The van der Waals surface area contributed by atoms with Gasteiger partial charge in [-0.3, -0.25) is 0 Å². The van der Waals surface area contributed by atoms with Gasteiger partial charge in [0.2, 0.25) is 5.82 Å². The van der Waals surface area contributed by atoms with Crippen molar-refractivity contribution in [3.05, 3.63) is 47.9 Å². The Hall–Kier alpha value is -2.96. The molecule has 7 nitrogen and oxygen atoms in total.